The van der Waals surface area contributed by atoms with E-state index in [4.69, 9.17) is 0 Å². The second-order valence-electron chi connectivity index (χ2n) is 5.30. The van der Waals surface area contributed by atoms with Crippen LogP contribution in [0.25, 0.3) is 0 Å². The topological polar surface area (TPSA) is 12.0 Å². The standard InChI is InChI=1S/C15H27NS/c1-5-10-16-14(8-6-7-12(2)3)15-13(4)9-11-17-15/h9,11-12,14,16H,5-8,10H2,1-4H3. The summed E-state index contributed by atoms with van der Waals surface area (Å²) in [6, 6.07) is 2.82. The van der Waals surface area contributed by atoms with Crippen molar-refractivity contribution in [2.24, 2.45) is 5.92 Å². The number of hydrogen-bond donors (Lipinski definition) is 1. The van der Waals surface area contributed by atoms with Crippen LogP contribution in [0.15, 0.2) is 11.4 Å². The summed E-state index contributed by atoms with van der Waals surface area (Å²) < 4.78 is 0. The SMILES string of the molecule is CCCNC(CCCC(C)C)c1sccc1C. The quantitative estimate of drug-likeness (QED) is 0.693. The Kier molecular flexibility index (Phi) is 6.83. The van der Waals surface area contributed by atoms with Gasteiger partial charge in [0.05, 0.1) is 0 Å². The molecule has 1 rings (SSSR count). The highest BCUT2D eigenvalue weighted by Crippen LogP contribution is 2.28. The third-order valence-electron chi connectivity index (χ3n) is 3.13. The molecule has 0 amide bonds. The van der Waals surface area contributed by atoms with Crippen LogP contribution in [0.4, 0.5) is 0 Å². The lowest BCUT2D eigenvalue weighted by Crippen LogP contribution is -2.22. The highest BCUT2D eigenvalue weighted by atomic mass is 32.1. The average Bonchev–Trinajstić information content (AvgIpc) is 2.69. The van der Waals surface area contributed by atoms with Gasteiger partial charge < -0.3 is 5.32 Å². The Morgan fingerprint density at radius 2 is 2.06 bits per heavy atom. The van der Waals surface area contributed by atoms with E-state index in [0.717, 1.165) is 12.5 Å². The lowest BCUT2D eigenvalue weighted by Gasteiger charge is -2.19. The summed E-state index contributed by atoms with van der Waals surface area (Å²) in [5.74, 6) is 0.825. The molecule has 0 fully saturated rings. The summed E-state index contributed by atoms with van der Waals surface area (Å²) in [7, 11) is 0. The molecule has 0 saturated carbocycles. The van der Waals surface area contributed by atoms with E-state index >= 15 is 0 Å². The van der Waals surface area contributed by atoms with Crippen LogP contribution < -0.4 is 5.32 Å². The summed E-state index contributed by atoms with van der Waals surface area (Å²) in [6.45, 7) is 10.2. The zero-order valence-electron chi connectivity index (χ0n) is 11.8. The van der Waals surface area contributed by atoms with Crippen molar-refractivity contribution < 1.29 is 0 Å². The average molecular weight is 253 g/mol. The summed E-state index contributed by atoms with van der Waals surface area (Å²) in [5.41, 5.74) is 1.45. The number of nitrogens with one attached hydrogen (secondary N) is 1. The first kappa shape index (κ1) is 14.7. The van der Waals surface area contributed by atoms with Gasteiger partial charge in [-0.05, 0) is 49.2 Å². The Balaban J connectivity index is 2.52. The zero-order chi connectivity index (χ0) is 12.7. The van der Waals surface area contributed by atoms with Gasteiger partial charge in [-0.3, -0.25) is 0 Å². The lowest BCUT2D eigenvalue weighted by atomic mass is 10.0. The summed E-state index contributed by atoms with van der Waals surface area (Å²) >= 11 is 1.90. The molecule has 0 aliphatic carbocycles. The number of hydrogen-bond acceptors (Lipinski definition) is 2. The second-order valence-corrected chi connectivity index (χ2v) is 6.25. The van der Waals surface area contributed by atoms with Crippen LogP contribution in [0.3, 0.4) is 0 Å². The van der Waals surface area contributed by atoms with Crippen molar-refractivity contribution >= 4 is 11.3 Å². The molecule has 0 saturated heterocycles. The van der Waals surface area contributed by atoms with Crippen molar-refractivity contribution in [1.29, 1.82) is 0 Å². The van der Waals surface area contributed by atoms with E-state index in [9.17, 15) is 0 Å². The van der Waals surface area contributed by atoms with E-state index in [-0.39, 0.29) is 0 Å². The fourth-order valence-corrected chi connectivity index (χ4v) is 3.15. The van der Waals surface area contributed by atoms with Gasteiger partial charge in [-0.25, -0.2) is 0 Å². The monoisotopic (exact) mass is 253 g/mol. The molecular weight excluding hydrogens is 226 g/mol. The van der Waals surface area contributed by atoms with E-state index in [0.29, 0.717) is 6.04 Å². The Bertz CT molecular complexity index is 304. The minimum Gasteiger partial charge on any atom is -0.309 e. The van der Waals surface area contributed by atoms with Crippen molar-refractivity contribution in [2.45, 2.75) is 59.4 Å². The van der Waals surface area contributed by atoms with Gasteiger partial charge in [0.15, 0.2) is 0 Å². The first-order valence-corrected chi connectivity index (χ1v) is 7.80. The van der Waals surface area contributed by atoms with Crippen molar-refractivity contribution in [3.8, 4) is 0 Å². The molecule has 1 aromatic rings. The third-order valence-corrected chi connectivity index (χ3v) is 4.27. The number of aryl methyl sites for hydroxylation is 1. The maximum atomic E-state index is 3.70. The van der Waals surface area contributed by atoms with Crippen LogP contribution in [0.1, 0.15) is 62.9 Å². The van der Waals surface area contributed by atoms with Gasteiger partial charge in [-0.1, -0.05) is 33.6 Å². The normalized spacial score (nSPS) is 13.2. The highest BCUT2D eigenvalue weighted by Gasteiger charge is 2.14. The Hall–Kier alpha value is -0.340. The molecule has 0 bridgehead atoms. The molecule has 1 aromatic heterocycles. The molecule has 0 radical (unpaired) electrons. The number of thiophene rings is 1. The molecule has 1 atom stereocenters. The van der Waals surface area contributed by atoms with Crippen LogP contribution in [0, 0.1) is 12.8 Å². The fourth-order valence-electron chi connectivity index (χ4n) is 2.12. The minimum absolute atomic E-state index is 0.577. The van der Waals surface area contributed by atoms with Crippen molar-refractivity contribution in [3.63, 3.8) is 0 Å². The van der Waals surface area contributed by atoms with Crippen molar-refractivity contribution in [2.75, 3.05) is 6.54 Å². The van der Waals surface area contributed by atoms with Gasteiger partial charge >= 0.3 is 0 Å². The fraction of sp³-hybridized carbons (Fsp3) is 0.733. The molecule has 0 aliphatic heterocycles. The van der Waals surface area contributed by atoms with Gasteiger partial charge in [-0.2, -0.15) is 0 Å². The van der Waals surface area contributed by atoms with Crippen LogP contribution in [0.5, 0.6) is 0 Å². The molecule has 1 N–H and O–H groups in total. The number of rotatable bonds is 8. The van der Waals surface area contributed by atoms with Crippen LogP contribution >= 0.6 is 11.3 Å². The Morgan fingerprint density at radius 1 is 1.29 bits per heavy atom. The van der Waals surface area contributed by atoms with Gasteiger partial charge in [0.25, 0.3) is 0 Å². The predicted octanol–water partition coefficient (Wildman–Crippen LogP) is 4.92. The maximum absolute atomic E-state index is 3.70. The lowest BCUT2D eigenvalue weighted by molar-refractivity contribution is 0.451. The molecule has 1 unspecified atom stereocenters. The van der Waals surface area contributed by atoms with E-state index < -0.39 is 0 Å². The van der Waals surface area contributed by atoms with Crippen LogP contribution in [0.2, 0.25) is 0 Å². The van der Waals surface area contributed by atoms with Gasteiger partial charge in [-0.15, -0.1) is 11.3 Å². The Morgan fingerprint density at radius 3 is 2.59 bits per heavy atom. The second kappa shape index (κ2) is 7.88. The van der Waals surface area contributed by atoms with E-state index in [2.05, 4.69) is 44.5 Å². The first-order chi connectivity index (χ1) is 8.15. The molecule has 0 spiro atoms. The predicted molar refractivity (Wildman–Crippen MR) is 78.8 cm³/mol. The van der Waals surface area contributed by atoms with E-state index in [1.807, 2.05) is 11.3 Å². The molecular formula is C15H27NS. The maximum Gasteiger partial charge on any atom is 0.0417 e. The van der Waals surface area contributed by atoms with E-state index in [1.165, 1.54) is 31.2 Å². The highest BCUT2D eigenvalue weighted by molar-refractivity contribution is 7.10. The van der Waals surface area contributed by atoms with Gasteiger partial charge in [0.1, 0.15) is 0 Å². The van der Waals surface area contributed by atoms with Crippen LogP contribution in [-0.4, -0.2) is 6.54 Å². The Labute approximate surface area is 111 Å². The van der Waals surface area contributed by atoms with Gasteiger partial charge in [0, 0.05) is 10.9 Å². The summed E-state index contributed by atoms with van der Waals surface area (Å²) in [4.78, 5) is 1.54. The minimum atomic E-state index is 0.577. The van der Waals surface area contributed by atoms with Crippen LogP contribution in [-0.2, 0) is 0 Å². The molecule has 0 aliphatic rings. The van der Waals surface area contributed by atoms with E-state index in [1.54, 1.807) is 4.88 Å². The smallest absolute Gasteiger partial charge is 0.0417 e. The van der Waals surface area contributed by atoms with Crippen molar-refractivity contribution in [3.05, 3.63) is 21.9 Å². The third kappa shape index (κ3) is 5.22. The van der Waals surface area contributed by atoms with Crippen molar-refractivity contribution in [1.82, 2.24) is 5.32 Å². The zero-order valence-corrected chi connectivity index (χ0v) is 12.6. The largest absolute Gasteiger partial charge is 0.309 e. The van der Waals surface area contributed by atoms with Gasteiger partial charge in [0.2, 0.25) is 0 Å². The molecule has 98 valence electrons. The molecule has 2 heteroatoms. The summed E-state index contributed by atoms with van der Waals surface area (Å²) in [6.07, 6.45) is 5.16. The first-order valence-electron chi connectivity index (χ1n) is 6.92. The molecule has 17 heavy (non-hydrogen) atoms. The molecule has 1 nitrogen and oxygen atoms in total. The molecule has 1 heterocycles. The summed E-state index contributed by atoms with van der Waals surface area (Å²) in [5, 5.41) is 5.91. The molecule has 0 aromatic carbocycles.